The first-order chi connectivity index (χ1) is 18.4. The second-order valence-corrected chi connectivity index (χ2v) is 10.6. The number of pyridine rings is 2. The lowest BCUT2D eigenvalue weighted by molar-refractivity contribution is -0.0463. The van der Waals surface area contributed by atoms with E-state index in [-0.39, 0.29) is 35.8 Å². The Kier molecular flexibility index (Phi) is 8.39. The minimum absolute atomic E-state index is 0.0141. The molecule has 4 rings (SSSR count). The van der Waals surface area contributed by atoms with Crippen LogP contribution in [0.3, 0.4) is 0 Å². The minimum atomic E-state index is -1.02. The first-order valence-corrected chi connectivity index (χ1v) is 12.9. The number of rotatable bonds is 7. The molecule has 3 aromatic rings. The minimum Gasteiger partial charge on any atom is -0.388 e. The first-order valence-electron chi connectivity index (χ1n) is 12.9. The molecule has 1 aromatic carbocycles. The largest absolute Gasteiger partial charge is 0.388 e. The maximum absolute atomic E-state index is 14.9. The zero-order chi connectivity index (χ0) is 28.5. The quantitative estimate of drug-likeness (QED) is 0.372. The van der Waals surface area contributed by atoms with E-state index in [0.29, 0.717) is 18.5 Å². The van der Waals surface area contributed by atoms with Gasteiger partial charge in [-0.3, -0.25) is 9.78 Å². The summed E-state index contributed by atoms with van der Waals surface area (Å²) in [6.07, 6.45) is 4.09. The Morgan fingerprint density at radius 2 is 1.87 bits per heavy atom. The number of carbonyl (C=O) groups is 1. The summed E-state index contributed by atoms with van der Waals surface area (Å²) < 4.78 is 49.9. The Bertz CT molecular complexity index is 1330. The maximum atomic E-state index is 14.9. The Labute approximate surface area is 225 Å². The first kappa shape index (κ1) is 28.7. The Morgan fingerprint density at radius 1 is 1.18 bits per heavy atom. The van der Waals surface area contributed by atoms with Crippen molar-refractivity contribution in [3.05, 3.63) is 77.0 Å². The summed E-state index contributed by atoms with van der Waals surface area (Å²) >= 11 is 0. The Morgan fingerprint density at radius 3 is 2.51 bits per heavy atom. The molecule has 1 aliphatic carbocycles. The number of carbonyl (C=O) groups excluding carboxylic acids is 1. The van der Waals surface area contributed by atoms with Crippen molar-refractivity contribution in [2.45, 2.75) is 70.8 Å². The van der Waals surface area contributed by atoms with Gasteiger partial charge in [-0.05, 0) is 86.9 Å². The number of aliphatic hydroxyl groups is 1. The van der Waals surface area contributed by atoms with Crippen LogP contribution in [-0.4, -0.2) is 38.7 Å². The molecular weight excluding hydrogens is 509 g/mol. The molecule has 4 atom stereocenters. The lowest BCUT2D eigenvalue weighted by Crippen LogP contribution is -2.54. The molecule has 0 saturated heterocycles. The molecule has 0 aliphatic heterocycles. The molecule has 4 N–H and O–H groups in total. The fourth-order valence-electron chi connectivity index (χ4n) is 4.92. The predicted molar refractivity (Wildman–Crippen MR) is 141 cm³/mol. The van der Waals surface area contributed by atoms with Crippen LogP contribution in [0.1, 0.15) is 68.1 Å². The van der Waals surface area contributed by atoms with E-state index in [1.165, 1.54) is 6.20 Å². The zero-order valence-corrected chi connectivity index (χ0v) is 22.3. The number of ether oxygens (including phenoxy) is 1. The molecule has 0 radical (unpaired) electrons. The van der Waals surface area contributed by atoms with Crippen LogP contribution < -0.4 is 11.1 Å². The third-order valence-corrected chi connectivity index (χ3v) is 7.47. The number of halogens is 3. The average molecular weight is 543 g/mol. The molecule has 1 saturated carbocycles. The summed E-state index contributed by atoms with van der Waals surface area (Å²) in [5, 5.41) is 13.4. The summed E-state index contributed by atoms with van der Waals surface area (Å²) in [6, 6.07) is 5.52. The fourth-order valence-corrected chi connectivity index (χ4v) is 4.92. The van der Waals surface area contributed by atoms with E-state index in [9.17, 15) is 23.1 Å². The van der Waals surface area contributed by atoms with E-state index in [2.05, 4.69) is 15.3 Å². The lowest BCUT2D eigenvalue weighted by Gasteiger charge is -2.44. The van der Waals surface area contributed by atoms with Crippen LogP contribution in [0.15, 0.2) is 42.7 Å². The molecule has 2 aromatic heterocycles. The van der Waals surface area contributed by atoms with E-state index in [1.807, 2.05) is 6.92 Å². The van der Waals surface area contributed by atoms with Crippen LogP contribution in [0.25, 0.3) is 11.3 Å². The summed E-state index contributed by atoms with van der Waals surface area (Å²) in [5.74, 6) is -3.85. The number of nitrogens with one attached hydrogen (secondary N) is 1. The topological polar surface area (TPSA) is 110 Å². The summed E-state index contributed by atoms with van der Waals surface area (Å²) in [6.45, 7) is 7.23. The normalized spacial score (nSPS) is 23.2. The maximum Gasteiger partial charge on any atom is 0.274 e. The van der Waals surface area contributed by atoms with Crippen molar-refractivity contribution in [2.24, 2.45) is 11.7 Å². The number of hydrogen-bond donors (Lipinski definition) is 3. The van der Waals surface area contributed by atoms with Crippen molar-refractivity contribution in [1.29, 1.82) is 0 Å². The van der Waals surface area contributed by atoms with Gasteiger partial charge in [-0.1, -0.05) is 6.92 Å². The highest BCUT2D eigenvalue weighted by atomic mass is 19.1. The van der Waals surface area contributed by atoms with Crippen LogP contribution >= 0.6 is 0 Å². The molecule has 7 nitrogen and oxygen atoms in total. The molecule has 1 fully saturated rings. The molecule has 1 amide bonds. The van der Waals surface area contributed by atoms with E-state index in [4.69, 9.17) is 10.5 Å². The SMILES string of the molecule is CC(C)OCc1cc(F)c(-c2nc(C(=O)Nc3cnccc3[C@H]3C[C@@H](N)[C@](C)(O)[C@@H](C)C3)ccc2F)c(F)c1. The Hall–Kier alpha value is -3.34. The lowest BCUT2D eigenvalue weighted by atomic mass is 9.68. The third kappa shape index (κ3) is 6.13. The third-order valence-electron chi connectivity index (χ3n) is 7.47. The molecule has 2 heterocycles. The van der Waals surface area contributed by atoms with Crippen LogP contribution in [0, 0.1) is 23.4 Å². The van der Waals surface area contributed by atoms with Crippen molar-refractivity contribution in [1.82, 2.24) is 9.97 Å². The van der Waals surface area contributed by atoms with Crippen LogP contribution in [-0.2, 0) is 11.3 Å². The van der Waals surface area contributed by atoms with E-state index in [0.717, 1.165) is 29.8 Å². The second kappa shape index (κ2) is 11.4. The number of hydrogen-bond acceptors (Lipinski definition) is 6. The molecule has 0 bridgehead atoms. The van der Waals surface area contributed by atoms with Gasteiger partial charge >= 0.3 is 0 Å². The predicted octanol–water partition coefficient (Wildman–Crippen LogP) is 5.33. The summed E-state index contributed by atoms with van der Waals surface area (Å²) in [4.78, 5) is 21.2. The molecule has 208 valence electrons. The van der Waals surface area contributed by atoms with Gasteiger partial charge < -0.3 is 20.9 Å². The molecule has 0 spiro atoms. The number of anilines is 1. The number of amides is 1. The second-order valence-electron chi connectivity index (χ2n) is 10.6. The summed E-state index contributed by atoms with van der Waals surface area (Å²) in [5.41, 5.74) is 5.17. The molecule has 0 unspecified atom stereocenters. The van der Waals surface area contributed by atoms with Crippen LogP contribution in [0.5, 0.6) is 0 Å². The Balaban J connectivity index is 1.60. The number of benzene rings is 1. The zero-order valence-electron chi connectivity index (χ0n) is 22.3. The standard InChI is InChI=1S/C29H33F3N4O3/c1-15(2)39-14-17-10-21(31)26(22(32)11-17)27-20(30)5-6-23(35-27)28(37)36-24-13-34-8-7-19(24)18-9-16(3)29(4,38)25(33)12-18/h5-8,10-11,13,15-16,18,25,38H,9,12,14,33H2,1-4H3,(H,36,37)/t16-,18+,25+,29+/m0/s1. The monoisotopic (exact) mass is 542 g/mol. The smallest absolute Gasteiger partial charge is 0.274 e. The highest BCUT2D eigenvalue weighted by Crippen LogP contribution is 2.42. The van der Waals surface area contributed by atoms with Gasteiger partial charge in [-0.25, -0.2) is 18.2 Å². The highest BCUT2D eigenvalue weighted by molar-refractivity contribution is 6.03. The van der Waals surface area contributed by atoms with Gasteiger partial charge in [0.2, 0.25) is 0 Å². The van der Waals surface area contributed by atoms with Crippen molar-refractivity contribution >= 4 is 11.6 Å². The van der Waals surface area contributed by atoms with E-state index < -0.39 is 46.3 Å². The molecule has 10 heteroatoms. The van der Waals surface area contributed by atoms with Crippen LogP contribution in [0.4, 0.5) is 18.9 Å². The van der Waals surface area contributed by atoms with Crippen LogP contribution in [0.2, 0.25) is 0 Å². The highest BCUT2D eigenvalue weighted by Gasteiger charge is 2.42. The van der Waals surface area contributed by atoms with Crippen molar-refractivity contribution in [3.63, 3.8) is 0 Å². The van der Waals surface area contributed by atoms with E-state index >= 15 is 0 Å². The number of aromatic nitrogens is 2. The molecule has 1 aliphatic rings. The van der Waals surface area contributed by atoms with Crippen molar-refractivity contribution in [2.75, 3.05) is 5.32 Å². The van der Waals surface area contributed by atoms with Gasteiger partial charge in [-0.2, -0.15) is 0 Å². The van der Waals surface area contributed by atoms with Gasteiger partial charge in [0.15, 0.2) is 0 Å². The number of nitrogens with zero attached hydrogens (tertiary/aromatic N) is 2. The molecule has 39 heavy (non-hydrogen) atoms. The molecular formula is C29H33F3N4O3. The van der Waals surface area contributed by atoms with Gasteiger partial charge in [0, 0.05) is 12.2 Å². The van der Waals surface area contributed by atoms with Gasteiger partial charge in [0.1, 0.15) is 28.8 Å². The average Bonchev–Trinajstić information content (AvgIpc) is 2.87. The van der Waals surface area contributed by atoms with Gasteiger partial charge in [0.25, 0.3) is 5.91 Å². The number of nitrogens with two attached hydrogens (primary N) is 1. The summed E-state index contributed by atoms with van der Waals surface area (Å²) in [7, 11) is 0. The fraction of sp³-hybridized carbons (Fsp3) is 0.414. The van der Waals surface area contributed by atoms with Gasteiger partial charge in [-0.15, -0.1) is 0 Å². The van der Waals surface area contributed by atoms with Crippen molar-refractivity contribution < 1.29 is 27.8 Å². The van der Waals surface area contributed by atoms with E-state index in [1.54, 1.807) is 33.0 Å². The van der Waals surface area contributed by atoms with Gasteiger partial charge in [0.05, 0.1) is 35.8 Å². The van der Waals surface area contributed by atoms with Crippen molar-refractivity contribution in [3.8, 4) is 11.3 Å².